The summed E-state index contributed by atoms with van der Waals surface area (Å²) in [6, 6.07) is 2.04. The molecule has 0 saturated carbocycles. The molecule has 2 heterocycles. The van der Waals surface area contributed by atoms with Crippen LogP contribution in [0.3, 0.4) is 0 Å². The molecule has 0 bridgehead atoms. The lowest BCUT2D eigenvalue weighted by atomic mass is 10.2. The van der Waals surface area contributed by atoms with Crippen LogP contribution < -0.4 is 5.56 Å². The maximum absolute atomic E-state index is 11.4. The molecule has 14 heavy (non-hydrogen) atoms. The van der Waals surface area contributed by atoms with Crippen LogP contribution in [0.15, 0.2) is 17.1 Å². The molecular weight excluding hydrogens is 178 g/mol. The number of hydrogen-bond acceptors (Lipinski definition) is 3. The predicted molar refractivity (Wildman–Crippen MR) is 54.0 cm³/mol. The maximum Gasteiger partial charge on any atom is 0.253 e. The molecule has 76 valence electrons. The highest BCUT2D eigenvalue weighted by Crippen LogP contribution is 2.09. The van der Waals surface area contributed by atoms with Crippen LogP contribution in [-0.4, -0.2) is 27.0 Å². The number of aromatic nitrogens is 2. The highest BCUT2D eigenvalue weighted by molar-refractivity contribution is 4.97. The zero-order valence-corrected chi connectivity index (χ0v) is 8.60. The first-order chi connectivity index (χ1) is 6.68. The Morgan fingerprint density at radius 3 is 2.93 bits per heavy atom. The Hall–Kier alpha value is -1.16. The van der Waals surface area contributed by atoms with Crippen molar-refractivity contribution in [1.82, 2.24) is 14.5 Å². The van der Waals surface area contributed by atoms with Gasteiger partial charge in [-0.2, -0.15) is 0 Å². The molecule has 0 fully saturated rings. The van der Waals surface area contributed by atoms with E-state index in [1.54, 1.807) is 10.8 Å². The lowest BCUT2D eigenvalue weighted by Crippen LogP contribution is -2.42. The fraction of sp³-hybridized carbons (Fsp3) is 0.600. The molecule has 1 aliphatic rings. The van der Waals surface area contributed by atoms with E-state index in [-0.39, 0.29) is 5.56 Å². The zero-order chi connectivity index (χ0) is 10.1. The van der Waals surface area contributed by atoms with Crippen molar-refractivity contribution in [1.29, 1.82) is 0 Å². The monoisotopic (exact) mass is 193 g/mol. The molecule has 0 radical (unpaired) electrons. The summed E-state index contributed by atoms with van der Waals surface area (Å²) in [4.78, 5) is 18.0. The Bertz CT molecular complexity index is 383. The smallest absolute Gasteiger partial charge is 0.253 e. The molecule has 0 atom stereocenters. The van der Waals surface area contributed by atoms with E-state index >= 15 is 0 Å². The topological polar surface area (TPSA) is 38.1 Å². The molecule has 0 aromatic carbocycles. The third-order valence-corrected chi connectivity index (χ3v) is 2.70. The average Bonchev–Trinajstić information content (AvgIpc) is 2.17. The molecular formula is C10H15N3O. The van der Waals surface area contributed by atoms with Crippen LogP contribution in [0.25, 0.3) is 0 Å². The van der Waals surface area contributed by atoms with Gasteiger partial charge in [-0.25, -0.2) is 4.98 Å². The van der Waals surface area contributed by atoms with Gasteiger partial charge >= 0.3 is 0 Å². The van der Waals surface area contributed by atoms with Gasteiger partial charge in [0, 0.05) is 31.4 Å². The zero-order valence-electron chi connectivity index (χ0n) is 8.60. The van der Waals surface area contributed by atoms with Crippen molar-refractivity contribution in [3.63, 3.8) is 0 Å². The van der Waals surface area contributed by atoms with Crippen molar-refractivity contribution < 1.29 is 0 Å². The van der Waals surface area contributed by atoms with Crippen molar-refractivity contribution in [2.75, 3.05) is 6.54 Å². The van der Waals surface area contributed by atoms with Crippen LogP contribution in [-0.2, 0) is 13.1 Å². The number of hydrogen-bond donors (Lipinski definition) is 0. The lowest BCUT2D eigenvalue weighted by molar-refractivity contribution is 0.169. The average molecular weight is 193 g/mol. The minimum Gasteiger partial charge on any atom is -0.294 e. The standard InChI is InChI=1S/C10H15N3O/c1-8(2)12-5-6-13-9(7-12)11-4-3-10(13)14/h3-4,8H,5-7H2,1-2H3. The van der Waals surface area contributed by atoms with Gasteiger partial charge in [0.05, 0.1) is 6.54 Å². The van der Waals surface area contributed by atoms with Gasteiger partial charge in [-0.15, -0.1) is 0 Å². The van der Waals surface area contributed by atoms with Gasteiger partial charge in [0.25, 0.3) is 5.56 Å². The van der Waals surface area contributed by atoms with Gasteiger partial charge < -0.3 is 0 Å². The summed E-state index contributed by atoms with van der Waals surface area (Å²) < 4.78 is 1.76. The van der Waals surface area contributed by atoms with Crippen molar-refractivity contribution >= 4 is 0 Å². The summed E-state index contributed by atoms with van der Waals surface area (Å²) in [5, 5.41) is 0. The van der Waals surface area contributed by atoms with Gasteiger partial charge in [0.1, 0.15) is 5.82 Å². The Labute approximate surface area is 83.2 Å². The van der Waals surface area contributed by atoms with Gasteiger partial charge in [0.15, 0.2) is 0 Å². The third kappa shape index (κ3) is 1.57. The minimum absolute atomic E-state index is 0.0680. The van der Waals surface area contributed by atoms with E-state index in [0.29, 0.717) is 6.04 Å². The number of fused-ring (bicyclic) bond motifs is 1. The van der Waals surface area contributed by atoms with Crippen LogP contribution >= 0.6 is 0 Å². The second-order valence-corrected chi connectivity index (χ2v) is 3.92. The van der Waals surface area contributed by atoms with E-state index < -0.39 is 0 Å². The minimum atomic E-state index is 0.0680. The largest absolute Gasteiger partial charge is 0.294 e. The van der Waals surface area contributed by atoms with Crippen molar-refractivity contribution in [3.05, 3.63) is 28.4 Å². The van der Waals surface area contributed by atoms with Gasteiger partial charge in [-0.1, -0.05) is 0 Å². The van der Waals surface area contributed by atoms with Gasteiger partial charge in [-0.3, -0.25) is 14.3 Å². The highest BCUT2D eigenvalue weighted by atomic mass is 16.1. The first kappa shape index (κ1) is 9.40. The van der Waals surface area contributed by atoms with Crippen LogP contribution in [0.5, 0.6) is 0 Å². The van der Waals surface area contributed by atoms with Crippen molar-refractivity contribution in [2.24, 2.45) is 0 Å². The van der Waals surface area contributed by atoms with E-state index in [0.717, 1.165) is 25.5 Å². The van der Waals surface area contributed by atoms with Gasteiger partial charge in [-0.05, 0) is 13.8 Å². The molecule has 1 aromatic heterocycles. The molecule has 0 amide bonds. The van der Waals surface area contributed by atoms with E-state index in [1.165, 1.54) is 6.07 Å². The van der Waals surface area contributed by atoms with E-state index in [9.17, 15) is 4.79 Å². The van der Waals surface area contributed by atoms with Crippen molar-refractivity contribution in [2.45, 2.75) is 33.0 Å². The molecule has 0 spiro atoms. The number of nitrogens with zero attached hydrogens (tertiary/aromatic N) is 3. The molecule has 4 nitrogen and oxygen atoms in total. The van der Waals surface area contributed by atoms with Crippen LogP contribution in [0.2, 0.25) is 0 Å². The quantitative estimate of drug-likeness (QED) is 0.650. The Balaban J connectivity index is 2.32. The summed E-state index contributed by atoms with van der Waals surface area (Å²) in [5.41, 5.74) is 0.0680. The molecule has 1 aliphatic heterocycles. The predicted octanol–water partition coefficient (Wildman–Crippen LogP) is 0.467. The number of rotatable bonds is 1. The molecule has 2 rings (SSSR count). The Morgan fingerprint density at radius 2 is 2.21 bits per heavy atom. The van der Waals surface area contributed by atoms with Crippen LogP contribution in [0, 0.1) is 0 Å². The Morgan fingerprint density at radius 1 is 1.43 bits per heavy atom. The second-order valence-electron chi connectivity index (χ2n) is 3.92. The van der Waals surface area contributed by atoms with Gasteiger partial charge in [0.2, 0.25) is 0 Å². The maximum atomic E-state index is 11.4. The molecule has 0 aliphatic carbocycles. The lowest BCUT2D eigenvalue weighted by Gasteiger charge is -2.31. The molecule has 0 saturated heterocycles. The summed E-state index contributed by atoms with van der Waals surface area (Å²) in [6.07, 6.45) is 1.60. The summed E-state index contributed by atoms with van der Waals surface area (Å²) >= 11 is 0. The van der Waals surface area contributed by atoms with E-state index in [2.05, 4.69) is 23.7 Å². The van der Waals surface area contributed by atoms with Crippen LogP contribution in [0.1, 0.15) is 19.7 Å². The fourth-order valence-electron chi connectivity index (χ4n) is 1.77. The highest BCUT2D eigenvalue weighted by Gasteiger charge is 2.18. The first-order valence-electron chi connectivity index (χ1n) is 4.97. The normalized spacial score (nSPS) is 17.1. The molecule has 4 heteroatoms. The first-order valence-corrected chi connectivity index (χ1v) is 4.97. The molecule has 0 unspecified atom stereocenters. The SMILES string of the molecule is CC(C)N1CCn2c(nccc2=O)C1. The second kappa shape index (κ2) is 3.53. The van der Waals surface area contributed by atoms with Crippen molar-refractivity contribution in [3.8, 4) is 0 Å². The molecule has 1 aromatic rings. The van der Waals surface area contributed by atoms with E-state index in [1.807, 2.05) is 0 Å². The summed E-state index contributed by atoms with van der Waals surface area (Å²) in [6.45, 7) is 6.82. The van der Waals surface area contributed by atoms with Crippen LogP contribution in [0.4, 0.5) is 0 Å². The fourth-order valence-corrected chi connectivity index (χ4v) is 1.77. The summed E-state index contributed by atoms with van der Waals surface area (Å²) in [7, 11) is 0. The molecule has 0 N–H and O–H groups in total. The van der Waals surface area contributed by atoms with E-state index in [4.69, 9.17) is 0 Å². The Kier molecular flexibility index (Phi) is 2.37. The summed E-state index contributed by atoms with van der Waals surface area (Å²) in [5.74, 6) is 0.887. The third-order valence-electron chi connectivity index (χ3n) is 2.70.